The summed E-state index contributed by atoms with van der Waals surface area (Å²) in [6.07, 6.45) is 12.0. The van der Waals surface area contributed by atoms with Crippen LogP contribution in [0.4, 0.5) is 0 Å². The molecule has 0 aliphatic heterocycles. The zero-order valence-electron chi connectivity index (χ0n) is 11.7. The van der Waals surface area contributed by atoms with Gasteiger partial charge in [0.05, 0.1) is 6.10 Å². The normalized spacial score (nSPS) is 21.4. The second kappa shape index (κ2) is 7.92. The van der Waals surface area contributed by atoms with Gasteiger partial charge in [0.1, 0.15) is 0 Å². The van der Waals surface area contributed by atoms with Gasteiger partial charge in [0.25, 0.3) is 0 Å². The minimum absolute atomic E-state index is 0.123. The van der Waals surface area contributed by atoms with Gasteiger partial charge in [0, 0.05) is 0 Å². The Bertz CT molecular complexity index is 204. The molecule has 100 valence electrons. The highest BCUT2D eigenvalue weighted by Gasteiger charge is 2.18. The second-order valence-corrected chi connectivity index (χ2v) is 6.11. The summed E-state index contributed by atoms with van der Waals surface area (Å²) < 4.78 is 0. The number of hydrogen-bond donors (Lipinski definition) is 1. The van der Waals surface area contributed by atoms with Gasteiger partial charge in [-0.25, -0.2) is 0 Å². The quantitative estimate of drug-likeness (QED) is 0.645. The number of hydrogen-bond acceptors (Lipinski definition) is 1. The molecule has 1 N–H and O–H groups in total. The summed E-state index contributed by atoms with van der Waals surface area (Å²) in [4.78, 5) is 0. The van der Waals surface area contributed by atoms with Crippen LogP contribution in [0.3, 0.4) is 0 Å². The Morgan fingerprint density at radius 1 is 1.24 bits per heavy atom. The summed E-state index contributed by atoms with van der Waals surface area (Å²) >= 11 is 0. The van der Waals surface area contributed by atoms with Crippen molar-refractivity contribution in [3.05, 3.63) is 12.7 Å². The van der Waals surface area contributed by atoms with E-state index in [0.717, 1.165) is 18.8 Å². The standard InChI is InChI=1S/C16H30O/c1-4-15(13(2)3)12-16(17)11-10-14-8-6-5-7-9-14/h4,13-17H,1,5-12H2,2-3H3. The van der Waals surface area contributed by atoms with Gasteiger partial charge in [-0.05, 0) is 37.0 Å². The fraction of sp³-hybridized carbons (Fsp3) is 0.875. The first kappa shape index (κ1) is 14.8. The van der Waals surface area contributed by atoms with E-state index in [2.05, 4.69) is 20.4 Å². The van der Waals surface area contributed by atoms with E-state index in [0.29, 0.717) is 11.8 Å². The molecule has 1 heteroatoms. The average molecular weight is 238 g/mol. The molecule has 1 saturated carbocycles. The summed E-state index contributed by atoms with van der Waals surface area (Å²) in [5, 5.41) is 10.1. The van der Waals surface area contributed by atoms with Crippen molar-refractivity contribution in [2.24, 2.45) is 17.8 Å². The van der Waals surface area contributed by atoms with Crippen molar-refractivity contribution < 1.29 is 5.11 Å². The molecule has 0 spiro atoms. The predicted octanol–water partition coefficient (Wildman–Crippen LogP) is 4.56. The second-order valence-electron chi connectivity index (χ2n) is 6.11. The first-order valence-electron chi connectivity index (χ1n) is 7.44. The molecule has 1 nitrogen and oxygen atoms in total. The molecule has 0 aromatic heterocycles. The Morgan fingerprint density at radius 3 is 2.41 bits per heavy atom. The molecule has 0 aromatic carbocycles. The van der Waals surface area contributed by atoms with Crippen LogP contribution in [0, 0.1) is 17.8 Å². The van der Waals surface area contributed by atoms with Crippen LogP contribution < -0.4 is 0 Å². The first-order valence-corrected chi connectivity index (χ1v) is 7.44. The van der Waals surface area contributed by atoms with Crippen LogP contribution in [0.1, 0.15) is 65.2 Å². The fourth-order valence-electron chi connectivity index (χ4n) is 2.98. The van der Waals surface area contributed by atoms with Gasteiger partial charge in [-0.3, -0.25) is 0 Å². The summed E-state index contributed by atoms with van der Waals surface area (Å²) in [5.74, 6) is 1.95. The van der Waals surface area contributed by atoms with Crippen LogP contribution in [0.25, 0.3) is 0 Å². The summed E-state index contributed by atoms with van der Waals surface area (Å²) in [7, 11) is 0. The van der Waals surface area contributed by atoms with E-state index in [-0.39, 0.29) is 6.10 Å². The van der Waals surface area contributed by atoms with Crippen LogP contribution in [0.5, 0.6) is 0 Å². The Kier molecular flexibility index (Phi) is 6.87. The molecule has 0 saturated heterocycles. The number of allylic oxidation sites excluding steroid dienone is 1. The van der Waals surface area contributed by atoms with Crippen LogP contribution in [0.2, 0.25) is 0 Å². The van der Waals surface area contributed by atoms with Gasteiger partial charge in [0.15, 0.2) is 0 Å². The molecule has 1 aliphatic carbocycles. The van der Waals surface area contributed by atoms with E-state index in [9.17, 15) is 5.11 Å². The van der Waals surface area contributed by atoms with Crippen molar-refractivity contribution in [1.29, 1.82) is 0 Å². The van der Waals surface area contributed by atoms with Gasteiger partial charge in [-0.2, -0.15) is 0 Å². The zero-order valence-corrected chi connectivity index (χ0v) is 11.7. The van der Waals surface area contributed by atoms with Crippen LogP contribution >= 0.6 is 0 Å². The fourth-order valence-corrected chi connectivity index (χ4v) is 2.98. The number of aliphatic hydroxyl groups is 1. The molecule has 2 atom stereocenters. The maximum atomic E-state index is 10.1. The van der Waals surface area contributed by atoms with Gasteiger partial charge in [-0.1, -0.05) is 52.0 Å². The third kappa shape index (κ3) is 5.72. The van der Waals surface area contributed by atoms with Crippen molar-refractivity contribution in [1.82, 2.24) is 0 Å². The monoisotopic (exact) mass is 238 g/mol. The van der Waals surface area contributed by atoms with E-state index in [4.69, 9.17) is 0 Å². The van der Waals surface area contributed by atoms with Crippen molar-refractivity contribution in [3.63, 3.8) is 0 Å². The minimum Gasteiger partial charge on any atom is -0.393 e. The lowest BCUT2D eigenvalue weighted by molar-refractivity contribution is 0.120. The Morgan fingerprint density at radius 2 is 1.88 bits per heavy atom. The van der Waals surface area contributed by atoms with Crippen molar-refractivity contribution in [3.8, 4) is 0 Å². The molecule has 2 unspecified atom stereocenters. The maximum Gasteiger partial charge on any atom is 0.0546 e. The molecule has 1 fully saturated rings. The van der Waals surface area contributed by atoms with Gasteiger partial charge < -0.3 is 5.11 Å². The van der Waals surface area contributed by atoms with Gasteiger partial charge in [-0.15, -0.1) is 6.58 Å². The Labute approximate surface area is 107 Å². The lowest BCUT2D eigenvalue weighted by Gasteiger charge is -2.24. The van der Waals surface area contributed by atoms with E-state index in [1.165, 1.54) is 38.5 Å². The minimum atomic E-state index is -0.123. The molecular weight excluding hydrogens is 208 g/mol. The first-order chi connectivity index (χ1) is 8.13. The predicted molar refractivity (Wildman–Crippen MR) is 75.0 cm³/mol. The molecule has 0 aromatic rings. The Hall–Kier alpha value is -0.300. The third-order valence-electron chi connectivity index (χ3n) is 4.34. The zero-order chi connectivity index (χ0) is 12.7. The summed E-state index contributed by atoms with van der Waals surface area (Å²) in [6.45, 7) is 8.29. The lowest BCUT2D eigenvalue weighted by atomic mass is 9.83. The van der Waals surface area contributed by atoms with E-state index in [1.807, 2.05) is 6.08 Å². The van der Waals surface area contributed by atoms with Crippen molar-refractivity contribution in [2.75, 3.05) is 0 Å². The molecule has 0 bridgehead atoms. The van der Waals surface area contributed by atoms with E-state index in [1.54, 1.807) is 0 Å². The van der Waals surface area contributed by atoms with Gasteiger partial charge in [0.2, 0.25) is 0 Å². The molecule has 0 amide bonds. The molecule has 0 radical (unpaired) electrons. The summed E-state index contributed by atoms with van der Waals surface area (Å²) in [5.41, 5.74) is 0. The summed E-state index contributed by atoms with van der Waals surface area (Å²) in [6, 6.07) is 0. The Balaban J connectivity index is 2.19. The van der Waals surface area contributed by atoms with Crippen molar-refractivity contribution >= 4 is 0 Å². The highest BCUT2D eigenvalue weighted by Crippen LogP contribution is 2.29. The largest absolute Gasteiger partial charge is 0.393 e. The van der Waals surface area contributed by atoms with Crippen molar-refractivity contribution in [2.45, 2.75) is 71.3 Å². The van der Waals surface area contributed by atoms with Gasteiger partial charge >= 0.3 is 0 Å². The van der Waals surface area contributed by atoms with Crippen LogP contribution in [-0.4, -0.2) is 11.2 Å². The number of rotatable bonds is 7. The number of aliphatic hydroxyl groups excluding tert-OH is 1. The molecule has 1 rings (SSSR count). The third-order valence-corrected chi connectivity index (χ3v) is 4.34. The smallest absolute Gasteiger partial charge is 0.0546 e. The molecule has 0 heterocycles. The van der Waals surface area contributed by atoms with Crippen LogP contribution in [0.15, 0.2) is 12.7 Å². The molecule has 1 aliphatic rings. The molecular formula is C16H30O. The van der Waals surface area contributed by atoms with E-state index >= 15 is 0 Å². The van der Waals surface area contributed by atoms with Crippen LogP contribution in [-0.2, 0) is 0 Å². The van der Waals surface area contributed by atoms with E-state index < -0.39 is 0 Å². The highest BCUT2D eigenvalue weighted by molar-refractivity contribution is 4.83. The highest BCUT2D eigenvalue weighted by atomic mass is 16.3. The topological polar surface area (TPSA) is 20.2 Å². The lowest BCUT2D eigenvalue weighted by Crippen LogP contribution is -2.18. The SMILES string of the molecule is C=CC(CC(O)CCC1CCCCC1)C(C)C. The average Bonchev–Trinajstić information content (AvgIpc) is 2.34. The molecule has 17 heavy (non-hydrogen) atoms. The maximum absolute atomic E-state index is 10.1.